The van der Waals surface area contributed by atoms with E-state index in [1.807, 2.05) is 43.1 Å². The molecule has 194 valence electrons. The third-order valence-electron chi connectivity index (χ3n) is 6.80. The summed E-state index contributed by atoms with van der Waals surface area (Å²) in [4.78, 5) is 13.6. The molecule has 2 aromatic heterocycles. The highest BCUT2D eigenvalue weighted by Gasteiger charge is 2.24. The summed E-state index contributed by atoms with van der Waals surface area (Å²) in [6.07, 6.45) is 7.59. The zero-order chi connectivity index (χ0) is 25.7. The van der Waals surface area contributed by atoms with Crippen molar-refractivity contribution in [1.82, 2.24) is 24.6 Å². The highest BCUT2D eigenvalue weighted by molar-refractivity contribution is 5.65. The summed E-state index contributed by atoms with van der Waals surface area (Å²) in [6, 6.07) is 6.03. The zero-order valence-electron chi connectivity index (χ0n) is 22.0. The minimum absolute atomic E-state index is 0.242. The lowest BCUT2D eigenvalue weighted by Crippen LogP contribution is -2.44. The van der Waals surface area contributed by atoms with Crippen LogP contribution in [-0.2, 0) is 4.74 Å². The topological polar surface area (TPSA) is 71.3 Å². The Hall–Kier alpha value is -3.04. The first kappa shape index (κ1) is 26.0. The van der Waals surface area contributed by atoms with Crippen LogP contribution in [0.3, 0.4) is 0 Å². The molecule has 1 aliphatic rings. The highest BCUT2D eigenvalue weighted by Crippen LogP contribution is 2.29. The lowest BCUT2D eigenvalue weighted by Gasteiger charge is -2.38. The lowest BCUT2D eigenvalue weighted by molar-refractivity contribution is 0.101. The van der Waals surface area contributed by atoms with Crippen molar-refractivity contribution in [1.29, 1.82) is 0 Å². The normalized spacial score (nSPS) is 14.7. The van der Waals surface area contributed by atoms with E-state index in [2.05, 4.69) is 51.1 Å². The molecule has 3 heterocycles. The molecule has 0 aliphatic carbocycles. The van der Waals surface area contributed by atoms with Crippen LogP contribution < -0.4 is 10.2 Å². The van der Waals surface area contributed by atoms with Gasteiger partial charge in [-0.05, 0) is 71.3 Å². The Balaban J connectivity index is 1.40. The summed E-state index contributed by atoms with van der Waals surface area (Å²) in [7, 11) is 2.15. The van der Waals surface area contributed by atoms with Gasteiger partial charge in [-0.2, -0.15) is 5.10 Å². The Morgan fingerprint density at radius 1 is 1.22 bits per heavy atom. The summed E-state index contributed by atoms with van der Waals surface area (Å²) in [5.74, 6) is 0.185. The number of nitrogens with one attached hydrogen (secondary N) is 1. The first-order chi connectivity index (χ1) is 17.4. The Kier molecular flexibility index (Phi) is 8.53. The standard InChI is InChI=1S/C27H38FN7O/c1-6-36-14-13-33(5)23-9-11-34(12-10-23)25-8-7-22(15-24(25)28)31-27-29-16-20(4)26(32-27)21-17-30-35(18-21)19(2)3/h7-8,15-19,23H,6,9-14H2,1-5H3,(H,29,31,32). The average Bonchev–Trinajstić information content (AvgIpc) is 3.36. The van der Waals surface area contributed by atoms with Crippen LogP contribution in [0.15, 0.2) is 36.8 Å². The second kappa shape index (κ2) is 11.8. The molecule has 1 N–H and O–H groups in total. The SMILES string of the molecule is CCOCCN(C)C1CCN(c2ccc(Nc3ncc(C)c(-c4cnn(C(C)C)c4)n3)cc2F)CC1. The van der Waals surface area contributed by atoms with E-state index in [9.17, 15) is 0 Å². The molecule has 8 nitrogen and oxygen atoms in total. The molecule has 9 heteroatoms. The molecular weight excluding hydrogens is 457 g/mol. The van der Waals surface area contributed by atoms with Crippen LogP contribution >= 0.6 is 0 Å². The van der Waals surface area contributed by atoms with Crippen molar-refractivity contribution in [3.05, 3.63) is 48.2 Å². The highest BCUT2D eigenvalue weighted by atomic mass is 19.1. The fourth-order valence-corrected chi connectivity index (χ4v) is 4.59. The van der Waals surface area contributed by atoms with Gasteiger partial charge in [0.25, 0.3) is 0 Å². The van der Waals surface area contributed by atoms with Gasteiger partial charge in [0.2, 0.25) is 5.95 Å². The number of aryl methyl sites for hydroxylation is 1. The van der Waals surface area contributed by atoms with Crippen molar-refractivity contribution in [2.45, 2.75) is 52.6 Å². The predicted octanol–water partition coefficient (Wildman–Crippen LogP) is 5.05. The average molecular weight is 496 g/mol. The number of likely N-dealkylation sites (N-methyl/N-ethyl adjacent to an activating group) is 1. The molecule has 1 aromatic carbocycles. The predicted molar refractivity (Wildman–Crippen MR) is 142 cm³/mol. The summed E-state index contributed by atoms with van der Waals surface area (Å²) in [5.41, 5.74) is 3.96. The van der Waals surface area contributed by atoms with Crippen molar-refractivity contribution in [3.8, 4) is 11.3 Å². The van der Waals surface area contributed by atoms with Crippen molar-refractivity contribution in [2.24, 2.45) is 0 Å². The number of piperidine rings is 1. The maximum absolute atomic E-state index is 15.1. The van der Waals surface area contributed by atoms with Crippen molar-refractivity contribution in [2.75, 3.05) is 50.1 Å². The Morgan fingerprint density at radius 2 is 2.00 bits per heavy atom. The van der Waals surface area contributed by atoms with Gasteiger partial charge in [-0.15, -0.1) is 0 Å². The number of ether oxygens (including phenoxy) is 1. The van der Waals surface area contributed by atoms with Crippen LogP contribution in [-0.4, -0.2) is 70.6 Å². The molecule has 0 radical (unpaired) electrons. The van der Waals surface area contributed by atoms with Gasteiger partial charge in [0, 0.05) is 62.0 Å². The fourth-order valence-electron chi connectivity index (χ4n) is 4.59. The third-order valence-corrected chi connectivity index (χ3v) is 6.80. The second-order valence-corrected chi connectivity index (χ2v) is 9.71. The van der Waals surface area contributed by atoms with Crippen LogP contribution in [0.1, 0.15) is 45.2 Å². The van der Waals surface area contributed by atoms with Gasteiger partial charge >= 0.3 is 0 Å². The van der Waals surface area contributed by atoms with E-state index in [1.54, 1.807) is 6.20 Å². The van der Waals surface area contributed by atoms with Crippen LogP contribution in [0, 0.1) is 12.7 Å². The molecule has 0 saturated carbocycles. The summed E-state index contributed by atoms with van der Waals surface area (Å²) in [6.45, 7) is 12.3. The minimum atomic E-state index is -0.242. The smallest absolute Gasteiger partial charge is 0.227 e. The molecule has 4 rings (SSSR count). The van der Waals surface area contributed by atoms with Gasteiger partial charge in [-0.1, -0.05) is 0 Å². The number of hydrogen-bond acceptors (Lipinski definition) is 7. The number of anilines is 3. The number of rotatable bonds is 10. The number of hydrogen-bond donors (Lipinski definition) is 1. The molecule has 0 bridgehead atoms. The van der Waals surface area contributed by atoms with E-state index in [-0.39, 0.29) is 11.9 Å². The molecule has 0 unspecified atom stereocenters. The second-order valence-electron chi connectivity index (χ2n) is 9.71. The molecule has 1 fully saturated rings. The van der Waals surface area contributed by atoms with Crippen LogP contribution in [0.2, 0.25) is 0 Å². The van der Waals surface area contributed by atoms with Crippen LogP contribution in [0.4, 0.5) is 21.7 Å². The fraction of sp³-hybridized carbons (Fsp3) is 0.519. The molecule has 1 saturated heterocycles. The molecule has 36 heavy (non-hydrogen) atoms. The molecule has 3 aromatic rings. The quantitative estimate of drug-likeness (QED) is 0.395. The van der Waals surface area contributed by atoms with E-state index in [1.165, 1.54) is 6.07 Å². The first-order valence-electron chi connectivity index (χ1n) is 12.8. The number of halogens is 1. The maximum Gasteiger partial charge on any atom is 0.227 e. The summed E-state index contributed by atoms with van der Waals surface area (Å²) in [5, 5.41) is 7.58. The first-order valence-corrected chi connectivity index (χ1v) is 12.8. The number of aromatic nitrogens is 4. The molecular formula is C27H38FN7O. The monoisotopic (exact) mass is 495 g/mol. The van der Waals surface area contributed by atoms with Gasteiger partial charge in [0.05, 0.1) is 24.2 Å². The lowest BCUT2D eigenvalue weighted by atomic mass is 10.0. The van der Waals surface area contributed by atoms with Crippen molar-refractivity contribution < 1.29 is 9.13 Å². The van der Waals surface area contributed by atoms with E-state index < -0.39 is 0 Å². The van der Waals surface area contributed by atoms with Crippen LogP contribution in [0.5, 0.6) is 0 Å². The van der Waals surface area contributed by atoms with Crippen molar-refractivity contribution >= 4 is 17.3 Å². The Labute approximate surface area is 213 Å². The van der Waals surface area contributed by atoms with E-state index in [4.69, 9.17) is 4.74 Å². The summed E-state index contributed by atoms with van der Waals surface area (Å²) < 4.78 is 22.5. The Morgan fingerprint density at radius 3 is 2.67 bits per heavy atom. The summed E-state index contributed by atoms with van der Waals surface area (Å²) >= 11 is 0. The molecule has 1 aliphatic heterocycles. The molecule has 0 atom stereocenters. The van der Waals surface area contributed by atoms with E-state index >= 15 is 4.39 Å². The van der Waals surface area contributed by atoms with Gasteiger partial charge in [0.1, 0.15) is 5.82 Å². The van der Waals surface area contributed by atoms with Crippen LogP contribution in [0.25, 0.3) is 11.3 Å². The van der Waals surface area contributed by atoms with Gasteiger partial charge < -0.3 is 19.9 Å². The van der Waals surface area contributed by atoms with Gasteiger partial charge in [-0.3, -0.25) is 4.68 Å². The third kappa shape index (κ3) is 6.20. The maximum atomic E-state index is 15.1. The van der Waals surface area contributed by atoms with Gasteiger partial charge in [0.15, 0.2) is 0 Å². The largest absolute Gasteiger partial charge is 0.380 e. The van der Waals surface area contributed by atoms with E-state index in [0.29, 0.717) is 23.4 Å². The zero-order valence-corrected chi connectivity index (χ0v) is 22.0. The molecule has 0 amide bonds. The minimum Gasteiger partial charge on any atom is -0.380 e. The van der Waals surface area contributed by atoms with Gasteiger partial charge in [-0.25, -0.2) is 14.4 Å². The van der Waals surface area contributed by atoms with E-state index in [0.717, 1.165) is 62.5 Å². The molecule has 0 spiro atoms. The Bertz CT molecular complexity index is 1140. The van der Waals surface area contributed by atoms with Crippen molar-refractivity contribution in [3.63, 3.8) is 0 Å². The number of benzene rings is 1. The number of nitrogens with zero attached hydrogens (tertiary/aromatic N) is 6.